The minimum Gasteiger partial charge on any atom is -0.496 e. The largest absolute Gasteiger partial charge is 0.496 e. The molecule has 0 saturated heterocycles. The van der Waals surface area contributed by atoms with E-state index in [4.69, 9.17) is 13.9 Å². The van der Waals surface area contributed by atoms with Gasteiger partial charge in [0.1, 0.15) is 23.9 Å². The van der Waals surface area contributed by atoms with E-state index in [-0.39, 0.29) is 6.04 Å². The zero-order valence-corrected chi connectivity index (χ0v) is 11.5. The molecule has 1 aromatic heterocycles. The van der Waals surface area contributed by atoms with E-state index in [1.165, 1.54) is 0 Å². The first-order chi connectivity index (χ1) is 9.30. The smallest absolute Gasteiger partial charge is 0.129 e. The molecular formula is C15H19NO3. The molecule has 1 heterocycles. The molecule has 0 aliphatic heterocycles. The van der Waals surface area contributed by atoms with Crippen LogP contribution in [0.15, 0.2) is 40.8 Å². The van der Waals surface area contributed by atoms with Crippen LogP contribution < -0.4 is 10.1 Å². The number of para-hydroxylation sites is 1. The second kappa shape index (κ2) is 6.41. The van der Waals surface area contributed by atoms with Crippen molar-refractivity contribution < 1.29 is 13.9 Å². The SMILES string of the molecule is CNC(c1ccc(COC)o1)c1ccccc1OC. The number of hydrogen-bond acceptors (Lipinski definition) is 4. The lowest BCUT2D eigenvalue weighted by Gasteiger charge is -2.17. The van der Waals surface area contributed by atoms with E-state index in [0.717, 1.165) is 22.8 Å². The predicted octanol–water partition coefficient (Wildman–Crippen LogP) is 2.74. The molecular weight excluding hydrogens is 242 g/mol. The van der Waals surface area contributed by atoms with E-state index in [9.17, 15) is 0 Å². The number of methoxy groups -OCH3 is 2. The summed E-state index contributed by atoms with van der Waals surface area (Å²) in [5, 5.41) is 3.25. The van der Waals surface area contributed by atoms with Gasteiger partial charge in [-0.1, -0.05) is 18.2 Å². The lowest BCUT2D eigenvalue weighted by atomic mass is 10.0. The molecule has 1 unspecified atom stereocenters. The number of hydrogen-bond donors (Lipinski definition) is 1. The fourth-order valence-electron chi connectivity index (χ4n) is 2.13. The molecule has 0 radical (unpaired) electrons. The fraction of sp³-hybridized carbons (Fsp3) is 0.333. The molecule has 4 heteroatoms. The molecule has 19 heavy (non-hydrogen) atoms. The molecule has 0 saturated carbocycles. The Hall–Kier alpha value is -1.78. The molecule has 1 aromatic carbocycles. The van der Waals surface area contributed by atoms with Crippen LogP contribution in [0.5, 0.6) is 5.75 Å². The highest BCUT2D eigenvalue weighted by atomic mass is 16.5. The van der Waals surface area contributed by atoms with Gasteiger partial charge in [0.05, 0.1) is 13.2 Å². The van der Waals surface area contributed by atoms with E-state index >= 15 is 0 Å². The maximum atomic E-state index is 5.79. The average Bonchev–Trinajstić information content (AvgIpc) is 2.89. The highest BCUT2D eigenvalue weighted by Gasteiger charge is 2.19. The van der Waals surface area contributed by atoms with Gasteiger partial charge in [0.25, 0.3) is 0 Å². The summed E-state index contributed by atoms with van der Waals surface area (Å²) >= 11 is 0. The van der Waals surface area contributed by atoms with E-state index in [2.05, 4.69) is 5.32 Å². The third-order valence-electron chi connectivity index (χ3n) is 2.99. The second-order valence-electron chi connectivity index (χ2n) is 4.20. The van der Waals surface area contributed by atoms with Gasteiger partial charge in [-0.15, -0.1) is 0 Å². The van der Waals surface area contributed by atoms with Crippen molar-refractivity contribution in [2.75, 3.05) is 21.3 Å². The molecule has 4 nitrogen and oxygen atoms in total. The Kier molecular flexibility index (Phi) is 4.60. The number of ether oxygens (including phenoxy) is 2. The monoisotopic (exact) mass is 261 g/mol. The van der Waals surface area contributed by atoms with Crippen molar-refractivity contribution in [1.29, 1.82) is 0 Å². The highest BCUT2D eigenvalue weighted by Crippen LogP contribution is 2.30. The third-order valence-corrected chi connectivity index (χ3v) is 2.99. The summed E-state index contributed by atoms with van der Waals surface area (Å²) in [6.45, 7) is 0.475. The van der Waals surface area contributed by atoms with Crippen LogP contribution in [-0.4, -0.2) is 21.3 Å². The predicted molar refractivity (Wildman–Crippen MR) is 73.3 cm³/mol. The molecule has 1 atom stereocenters. The molecule has 0 amide bonds. The molecule has 1 N–H and O–H groups in total. The van der Waals surface area contributed by atoms with Gasteiger partial charge in [0.2, 0.25) is 0 Å². The maximum Gasteiger partial charge on any atom is 0.129 e. The van der Waals surface area contributed by atoms with Crippen LogP contribution >= 0.6 is 0 Å². The Morgan fingerprint density at radius 1 is 1.16 bits per heavy atom. The highest BCUT2D eigenvalue weighted by molar-refractivity contribution is 5.39. The van der Waals surface area contributed by atoms with Crippen LogP contribution in [0, 0.1) is 0 Å². The van der Waals surface area contributed by atoms with Gasteiger partial charge < -0.3 is 19.2 Å². The molecule has 2 aromatic rings. The average molecular weight is 261 g/mol. The summed E-state index contributed by atoms with van der Waals surface area (Å²) in [5.41, 5.74) is 1.05. The summed E-state index contributed by atoms with van der Waals surface area (Å²) in [7, 11) is 5.22. The van der Waals surface area contributed by atoms with Crippen molar-refractivity contribution in [3.8, 4) is 5.75 Å². The van der Waals surface area contributed by atoms with E-state index in [1.807, 2.05) is 43.4 Å². The van der Waals surface area contributed by atoms with Gasteiger partial charge in [-0.3, -0.25) is 0 Å². The minimum absolute atomic E-state index is 0.0400. The summed E-state index contributed by atoms with van der Waals surface area (Å²) in [4.78, 5) is 0. The van der Waals surface area contributed by atoms with E-state index in [1.54, 1.807) is 14.2 Å². The van der Waals surface area contributed by atoms with Crippen molar-refractivity contribution in [3.05, 3.63) is 53.5 Å². The first kappa shape index (κ1) is 13.6. The summed E-state index contributed by atoms with van der Waals surface area (Å²) in [6, 6.07) is 11.8. The van der Waals surface area contributed by atoms with Crippen molar-refractivity contribution in [2.24, 2.45) is 0 Å². The first-order valence-corrected chi connectivity index (χ1v) is 6.18. The summed E-state index contributed by atoms with van der Waals surface area (Å²) in [5.74, 6) is 2.50. The summed E-state index contributed by atoms with van der Waals surface area (Å²) < 4.78 is 16.3. The summed E-state index contributed by atoms with van der Waals surface area (Å²) in [6.07, 6.45) is 0. The van der Waals surface area contributed by atoms with Crippen LogP contribution in [0.25, 0.3) is 0 Å². The van der Waals surface area contributed by atoms with Gasteiger partial charge >= 0.3 is 0 Å². The first-order valence-electron chi connectivity index (χ1n) is 6.18. The fourth-order valence-corrected chi connectivity index (χ4v) is 2.13. The van der Waals surface area contributed by atoms with Gasteiger partial charge in [-0.05, 0) is 25.2 Å². The zero-order valence-electron chi connectivity index (χ0n) is 11.5. The Morgan fingerprint density at radius 2 is 1.95 bits per heavy atom. The van der Waals surface area contributed by atoms with Crippen LogP contribution in [0.3, 0.4) is 0 Å². The second-order valence-corrected chi connectivity index (χ2v) is 4.20. The normalized spacial score (nSPS) is 12.4. The Balaban J connectivity index is 2.32. The van der Waals surface area contributed by atoms with Crippen LogP contribution in [-0.2, 0) is 11.3 Å². The number of nitrogens with one attached hydrogen (secondary N) is 1. The van der Waals surface area contributed by atoms with Gasteiger partial charge in [0, 0.05) is 12.7 Å². The molecule has 0 fully saturated rings. The topological polar surface area (TPSA) is 43.6 Å². The maximum absolute atomic E-state index is 5.79. The standard InChI is InChI=1S/C15H19NO3/c1-16-15(12-6-4-5-7-13(12)18-3)14-9-8-11(19-14)10-17-2/h4-9,15-16H,10H2,1-3H3. The van der Waals surface area contributed by atoms with Crippen molar-refractivity contribution >= 4 is 0 Å². The zero-order chi connectivity index (χ0) is 13.7. The molecule has 0 aliphatic rings. The van der Waals surface area contributed by atoms with Gasteiger partial charge in [0.15, 0.2) is 0 Å². The van der Waals surface area contributed by atoms with Crippen LogP contribution in [0.4, 0.5) is 0 Å². The Labute approximate surface area is 113 Å². The van der Waals surface area contributed by atoms with Crippen LogP contribution in [0.1, 0.15) is 23.1 Å². The number of furan rings is 1. The lowest BCUT2D eigenvalue weighted by Crippen LogP contribution is -2.17. The third kappa shape index (κ3) is 2.97. The van der Waals surface area contributed by atoms with Gasteiger partial charge in [-0.25, -0.2) is 0 Å². The van der Waals surface area contributed by atoms with Crippen molar-refractivity contribution in [3.63, 3.8) is 0 Å². The molecule has 102 valence electrons. The van der Waals surface area contributed by atoms with E-state index < -0.39 is 0 Å². The quantitative estimate of drug-likeness (QED) is 0.868. The van der Waals surface area contributed by atoms with Crippen molar-refractivity contribution in [2.45, 2.75) is 12.6 Å². The van der Waals surface area contributed by atoms with Crippen molar-refractivity contribution in [1.82, 2.24) is 5.32 Å². The molecule has 2 rings (SSSR count). The Bertz CT molecular complexity index is 522. The lowest BCUT2D eigenvalue weighted by molar-refractivity contribution is 0.162. The molecule has 0 aliphatic carbocycles. The molecule has 0 spiro atoms. The number of benzene rings is 1. The number of rotatable bonds is 6. The Morgan fingerprint density at radius 3 is 2.63 bits per heavy atom. The van der Waals surface area contributed by atoms with Crippen LogP contribution in [0.2, 0.25) is 0 Å². The van der Waals surface area contributed by atoms with E-state index in [0.29, 0.717) is 6.61 Å². The molecule has 0 bridgehead atoms. The minimum atomic E-state index is -0.0400. The van der Waals surface area contributed by atoms with Gasteiger partial charge in [-0.2, -0.15) is 0 Å².